The summed E-state index contributed by atoms with van der Waals surface area (Å²) in [4.78, 5) is 10.9. The fourth-order valence-corrected chi connectivity index (χ4v) is 4.67. The lowest BCUT2D eigenvalue weighted by molar-refractivity contribution is -0.136. The maximum atomic E-state index is 12.9. The van der Waals surface area contributed by atoms with E-state index in [2.05, 4.69) is 27.7 Å². The van der Waals surface area contributed by atoms with Crippen molar-refractivity contribution in [3.8, 4) is 0 Å². The van der Waals surface area contributed by atoms with Gasteiger partial charge in [0, 0.05) is 13.2 Å². The Morgan fingerprint density at radius 3 is 1.61 bits per heavy atom. The van der Waals surface area contributed by atoms with E-state index in [1.807, 2.05) is 0 Å². The molecule has 31 heavy (non-hydrogen) atoms. The Hall–Kier alpha value is -0.460. The zero-order valence-electron chi connectivity index (χ0n) is 20.3. The number of carboxylic acids is 1. The van der Waals surface area contributed by atoms with Crippen LogP contribution in [0.2, 0.25) is 0 Å². The molecule has 0 aromatic carbocycles. The first-order chi connectivity index (χ1) is 14.9. The number of rotatable bonds is 23. The fraction of sp³-hybridized carbons (Fsp3) is 0.957. The molecule has 0 saturated carbocycles. The molecule has 0 radical (unpaired) electrons. The standard InChI is InChI=1S/C23H47O7P/c1-5-9-11-21(7-3)19-27-14-16-29-31(26,18-13-23(24)25)30-17-15-28-20-22(8-4)12-10-6-2/h21-22H,5-20H2,1-4H3,(H,24,25). The molecule has 0 aliphatic heterocycles. The summed E-state index contributed by atoms with van der Waals surface area (Å²) in [7, 11) is -3.49. The van der Waals surface area contributed by atoms with Gasteiger partial charge >= 0.3 is 13.6 Å². The second-order valence-electron chi connectivity index (χ2n) is 8.13. The van der Waals surface area contributed by atoms with Crippen molar-refractivity contribution < 1.29 is 33.0 Å². The predicted octanol–water partition coefficient (Wildman–Crippen LogP) is 6.15. The smallest absolute Gasteiger partial charge is 0.331 e. The van der Waals surface area contributed by atoms with Gasteiger partial charge in [0.1, 0.15) is 0 Å². The van der Waals surface area contributed by atoms with Crippen molar-refractivity contribution in [1.29, 1.82) is 0 Å². The van der Waals surface area contributed by atoms with Gasteiger partial charge in [-0.15, -0.1) is 0 Å². The van der Waals surface area contributed by atoms with Gasteiger partial charge in [-0.2, -0.15) is 0 Å². The van der Waals surface area contributed by atoms with E-state index in [1.165, 1.54) is 25.7 Å². The highest BCUT2D eigenvalue weighted by Crippen LogP contribution is 2.48. The van der Waals surface area contributed by atoms with Gasteiger partial charge in [-0.1, -0.05) is 66.2 Å². The SMILES string of the molecule is CCCCC(CC)COCCOP(=O)(CCC(=O)O)OCCOCC(CC)CCCC. The second-order valence-corrected chi connectivity index (χ2v) is 10.3. The van der Waals surface area contributed by atoms with Gasteiger partial charge in [-0.3, -0.25) is 9.36 Å². The van der Waals surface area contributed by atoms with Crippen molar-refractivity contribution >= 4 is 13.6 Å². The maximum absolute atomic E-state index is 12.9. The number of unbranched alkanes of at least 4 members (excludes halogenated alkanes) is 2. The number of aliphatic carboxylic acids is 1. The molecule has 0 aliphatic rings. The fourth-order valence-electron chi connectivity index (χ4n) is 3.17. The highest BCUT2D eigenvalue weighted by Gasteiger charge is 2.26. The van der Waals surface area contributed by atoms with E-state index in [9.17, 15) is 9.36 Å². The lowest BCUT2D eigenvalue weighted by atomic mass is 10.0. The number of ether oxygens (including phenoxy) is 2. The summed E-state index contributed by atoms with van der Waals surface area (Å²) < 4.78 is 35.2. The normalized spacial score (nSPS) is 15.5. The molecule has 0 aromatic rings. The molecule has 2 atom stereocenters. The van der Waals surface area contributed by atoms with Gasteiger partial charge in [-0.05, 0) is 24.7 Å². The first kappa shape index (κ1) is 30.5. The van der Waals surface area contributed by atoms with Crippen molar-refractivity contribution in [3.63, 3.8) is 0 Å². The molecular weight excluding hydrogens is 419 g/mol. The van der Waals surface area contributed by atoms with Crippen LogP contribution in [0.5, 0.6) is 0 Å². The average molecular weight is 467 g/mol. The van der Waals surface area contributed by atoms with E-state index in [-0.39, 0.29) is 25.8 Å². The third-order valence-electron chi connectivity index (χ3n) is 5.42. The lowest BCUT2D eigenvalue weighted by Crippen LogP contribution is -2.15. The summed E-state index contributed by atoms with van der Waals surface area (Å²) in [6, 6.07) is 0. The van der Waals surface area contributed by atoms with Crippen LogP contribution in [0.1, 0.15) is 85.5 Å². The molecule has 7 nitrogen and oxygen atoms in total. The molecule has 1 N–H and O–H groups in total. The quantitative estimate of drug-likeness (QED) is 0.143. The van der Waals surface area contributed by atoms with Gasteiger partial charge in [0.05, 0.1) is 39.0 Å². The third kappa shape index (κ3) is 17.7. The van der Waals surface area contributed by atoms with Crippen molar-refractivity contribution in [2.24, 2.45) is 11.8 Å². The van der Waals surface area contributed by atoms with Crippen LogP contribution in [-0.4, -0.2) is 56.9 Å². The van der Waals surface area contributed by atoms with Gasteiger partial charge in [-0.25, -0.2) is 0 Å². The van der Waals surface area contributed by atoms with E-state index in [0.29, 0.717) is 38.3 Å². The molecule has 186 valence electrons. The van der Waals surface area contributed by atoms with Crippen LogP contribution in [0.3, 0.4) is 0 Å². The minimum atomic E-state index is -3.49. The summed E-state index contributed by atoms with van der Waals surface area (Å²) in [6.45, 7) is 10.9. The Morgan fingerprint density at radius 1 is 0.806 bits per heavy atom. The molecule has 0 spiro atoms. The average Bonchev–Trinajstić information content (AvgIpc) is 2.76. The van der Waals surface area contributed by atoms with Gasteiger partial charge < -0.3 is 23.6 Å². The zero-order valence-corrected chi connectivity index (χ0v) is 21.2. The lowest BCUT2D eigenvalue weighted by Gasteiger charge is -2.20. The Bertz CT molecular complexity index is 443. The molecule has 0 heterocycles. The molecule has 8 heteroatoms. The summed E-state index contributed by atoms with van der Waals surface area (Å²) >= 11 is 0. The van der Waals surface area contributed by atoms with Crippen molar-refractivity contribution in [2.45, 2.75) is 85.5 Å². The summed E-state index contributed by atoms with van der Waals surface area (Å²) in [6.07, 6.45) is 8.74. The maximum Gasteiger partial charge on any atom is 0.331 e. The van der Waals surface area contributed by atoms with Crippen molar-refractivity contribution in [3.05, 3.63) is 0 Å². The van der Waals surface area contributed by atoms with Gasteiger partial charge in [0.15, 0.2) is 0 Å². The van der Waals surface area contributed by atoms with Gasteiger partial charge in [0.2, 0.25) is 0 Å². The second kappa shape index (κ2) is 20.2. The number of carboxylic acid groups (broad SMARTS) is 1. The van der Waals surface area contributed by atoms with Crippen LogP contribution < -0.4 is 0 Å². The van der Waals surface area contributed by atoms with Crippen LogP contribution in [0, 0.1) is 11.8 Å². The number of carbonyl (C=O) groups is 1. The minimum absolute atomic E-state index is 0.122. The Balaban J connectivity index is 4.27. The Labute approximate surface area is 190 Å². The minimum Gasteiger partial charge on any atom is -0.481 e. The molecule has 0 bridgehead atoms. The summed E-state index contributed by atoms with van der Waals surface area (Å²) in [5, 5.41) is 8.93. The largest absolute Gasteiger partial charge is 0.481 e. The first-order valence-electron chi connectivity index (χ1n) is 12.2. The molecule has 2 unspecified atom stereocenters. The molecular formula is C23H47O7P. The summed E-state index contributed by atoms with van der Waals surface area (Å²) in [5.74, 6) is 0.0243. The van der Waals surface area contributed by atoms with Crippen molar-refractivity contribution in [2.75, 3.05) is 45.8 Å². The topological polar surface area (TPSA) is 91.3 Å². The van der Waals surface area contributed by atoms with Crippen molar-refractivity contribution in [1.82, 2.24) is 0 Å². The predicted molar refractivity (Wildman–Crippen MR) is 125 cm³/mol. The Kier molecular flexibility index (Phi) is 19.9. The van der Waals surface area contributed by atoms with E-state index in [1.54, 1.807) is 0 Å². The molecule has 0 rings (SSSR count). The number of hydrogen-bond acceptors (Lipinski definition) is 6. The highest BCUT2D eigenvalue weighted by atomic mass is 31.2. The molecule has 0 aliphatic carbocycles. The zero-order chi connectivity index (χ0) is 23.4. The van der Waals surface area contributed by atoms with E-state index in [4.69, 9.17) is 23.6 Å². The van der Waals surface area contributed by atoms with Crippen LogP contribution in [0.25, 0.3) is 0 Å². The van der Waals surface area contributed by atoms with Gasteiger partial charge in [0.25, 0.3) is 0 Å². The first-order valence-corrected chi connectivity index (χ1v) is 13.9. The number of hydrogen-bond donors (Lipinski definition) is 1. The van der Waals surface area contributed by atoms with Crippen LogP contribution in [-0.2, 0) is 27.9 Å². The molecule has 0 fully saturated rings. The third-order valence-corrected chi connectivity index (χ3v) is 7.35. The highest BCUT2D eigenvalue weighted by molar-refractivity contribution is 7.53. The van der Waals surface area contributed by atoms with Crippen LogP contribution >= 0.6 is 7.60 Å². The summed E-state index contributed by atoms with van der Waals surface area (Å²) in [5.41, 5.74) is 0. The monoisotopic (exact) mass is 466 g/mol. The van der Waals surface area contributed by atoms with Crippen LogP contribution in [0.4, 0.5) is 0 Å². The molecule has 0 saturated heterocycles. The van der Waals surface area contributed by atoms with E-state index >= 15 is 0 Å². The van der Waals surface area contributed by atoms with Crippen LogP contribution in [0.15, 0.2) is 0 Å². The molecule has 0 aromatic heterocycles. The molecule has 0 amide bonds. The Morgan fingerprint density at radius 2 is 1.26 bits per heavy atom. The van der Waals surface area contributed by atoms with E-state index in [0.717, 1.165) is 25.7 Å². The van der Waals surface area contributed by atoms with E-state index < -0.39 is 13.6 Å².